The SMILES string of the molecule is O=CC1(N2CCN(c3ccc4c(C(=O)O)nsc4c3)CC2)CC1. The van der Waals surface area contributed by atoms with E-state index >= 15 is 0 Å². The van der Waals surface area contributed by atoms with Gasteiger partial charge in [0.05, 0.1) is 10.2 Å². The molecule has 0 atom stereocenters. The van der Waals surface area contributed by atoms with Crippen molar-refractivity contribution in [2.24, 2.45) is 0 Å². The summed E-state index contributed by atoms with van der Waals surface area (Å²) in [4.78, 5) is 26.9. The molecule has 2 heterocycles. The van der Waals surface area contributed by atoms with Crippen molar-refractivity contribution in [3.05, 3.63) is 23.9 Å². The summed E-state index contributed by atoms with van der Waals surface area (Å²) < 4.78 is 4.92. The molecule has 0 bridgehead atoms. The van der Waals surface area contributed by atoms with Crippen LogP contribution in [-0.2, 0) is 4.79 Å². The second-order valence-corrected chi connectivity index (χ2v) is 7.02. The van der Waals surface area contributed by atoms with Crippen LogP contribution in [-0.4, -0.2) is 58.4 Å². The van der Waals surface area contributed by atoms with Gasteiger partial charge in [0.15, 0.2) is 5.69 Å². The summed E-state index contributed by atoms with van der Waals surface area (Å²) in [5, 5.41) is 9.82. The molecule has 1 saturated heterocycles. The molecule has 1 aromatic carbocycles. The molecular weight excluding hydrogens is 314 g/mol. The molecule has 1 saturated carbocycles. The molecule has 120 valence electrons. The Hall–Kier alpha value is -1.99. The molecule has 7 heteroatoms. The van der Waals surface area contributed by atoms with Crippen molar-refractivity contribution in [3.63, 3.8) is 0 Å². The molecule has 23 heavy (non-hydrogen) atoms. The first-order chi connectivity index (χ1) is 11.1. The van der Waals surface area contributed by atoms with Crippen molar-refractivity contribution in [3.8, 4) is 0 Å². The van der Waals surface area contributed by atoms with Gasteiger partial charge in [-0.2, -0.15) is 4.37 Å². The number of nitrogens with zero attached hydrogens (tertiary/aromatic N) is 3. The number of carboxylic acid groups (broad SMARTS) is 1. The fourth-order valence-electron chi connectivity index (χ4n) is 3.32. The van der Waals surface area contributed by atoms with Crippen molar-refractivity contribution in [2.45, 2.75) is 18.4 Å². The number of aromatic nitrogens is 1. The highest BCUT2D eigenvalue weighted by Crippen LogP contribution is 2.40. The Balaban J connectivity index is 1.52. The minimum atomic E-state index is -0.985. The molecule has 6 nitrogen and oxygen atoms in total. The molecule has 0 radical (unpaired) electrons. The molecule has 2 fully saturated rings. The highest BCUT2D eigenvalue weighted by molar-refractivity contribution is 7.13. The van der Waals surface area contributed by atoms with E-state index in [0.717, 1.165) is 55.7 Å². The third kappa shape index (κ3) is 2.40. The van der Waals surface area contributed by atoms with Gasteiger partial charge in [0.2, 0.25) is 0 Å². The van der Waals surface area contributed by atoms with Crippen molar-refractivity contribution in [2.75, 3.05) is 31.1 Å². The van der Waals surface area contributed by atoms with E-state index in [1.54, 1.807) is 0 Å². The molecular formula is C16H17N3O3S. The smallest absolute Gasteiger partial charge is 0.356 e. The first-order valence-corrected chi connectivity index (χ1v) is 8.49. The monoisotopic (exact) mass is 331 g/mol. The van der Waals surface area contributed by atoms with Crippen LogP contribution in [0, 0.1) is 0 Å². The van der Waals surface area contributed by atoms with Gasteiger partial charge < -0.3 is 14.8 Å². The molecule has 4 rings (SSSR count). The van der Waals surface area contributed by atoms with E-state index in [-0.39, 0.29) is 11.2 Å². The third-order valence-electron chi connectivity index (χ3n) is 4.91. The van der Waals surface area contributed by atoms with Gasteiger partial charge in [-0.25, -0.2) is 4.79 Å². The number of carboxylic acids is 1. The lowest BCUT2D eigenvalue weighted by atomic mass is 10.1. The first-order valence-electron chi connectivity index (χ1n) is 7.72. The zero-order chi connectivity index (χ0) is 16.0. The lowest BCUT2D eigenvalue weighted by molar-refractivity contribution is -0.113. The molecule has 1 aliphatic carbocycles. The lowest BCUT2D eigenvalue weighted by Gasteiger charge is -2.38. The van der Waals surface area contributed by atoms with Gasteiger partial charge in [-0.3, -0.25) is 4.90 Å². The Labute approximate surface area is 137 Å². The maximum atomic E-state index is 11.2. The summed E-state index contributed by atoms with van der Waals surface area (Å²) in [7, 11) is 0. The Morgan fingerprint density at radius 1 is 1.26 bits per heavy atom. The molecule has 1 N–H and O–H groups in total. The van der Waals surface area contributed by atoms with Crippen LogP contribution in [0.2, 0.25) is 0 Å². The van der Waals surface area contributed by atoms with Gasteiger partial charge >= 0.3 is 5.97 Å². The number of hydrogen-bond acceptors (Lipinski definition) is 6. The normalized spacial score (nSPS) is 20.6. The van der Waals surface area contributed by atoms with Crippen molar-refractivity contribution < 1.29 is 14.7 Å². The van der Waals surface area contributed by atoms with Crippen LogP contribution in [0.3, 0.4) is 0 Å². The summed E-state index contributed by atoms with van der Waals surface area (Å²) in [6, 6.07) is 5.82. The zero-order valence-corrected chi connectivity index (χ0v) is 13.4. The van der Waals surface area contributed by atoms with Gasteiger partial charge in [0.1, 0.15) is 6.29 Å². The van der Waals surface area contributed by atoms with Gasteiger partial charge in [-0.05, 0) is 42.6 Å². The zero-order valence-electron chi connectivity index (χ0n) is 12.6. The van der Waals surface area contributed by atoms with E-state index in [9.17, 15) is 9.59 Å². The second-order valence-electron chi connectivity index (χ2n) is 6.21. The highest BCUT2D eigenvalue weighted by Gasteiger charge is 2.48. The van der Waals surface area contributed by atoms with Crippen LogP contribution in [0.15, 0.2) is 18.2 Å². The molecule has 2 aliphatic rings. The lowest BCUT2D eigenvalue weighted by Crippen LogP contribution is -2.52. The highest BCUT2D eigenvalue weighted by atomic mass is 32.1. The fraction of sp³-hybridized carbons (Fsp3) is 0.438. The predicted octanol–water partition coefficient (Wildman–Crippen LogP) is 1.85. The predicted molar refractivity (Wildman–Crippen MR) is 88.4 cm³/mol. The molecule has 0 amide bonds. The van der Waals surface area contributed by atoms with E-state index in [0.29, 0.717) is 5.39 Å². The van der Waals surface area contributed by atoms with Crippen LogP contribution < -0.4 is 4.90 Å². The summed E-state index contributed by atoms with van der Waals surface area (Å²) in [5.74, 6) is -0.985. The van der Waals surface area contributed by atoms with Crippen molar-refractivity contribution >= 4 is 39.6 Å². The molecule has 2 aromatic rings. The minimum Gasteiger partial charge on any atom is -0.476 e. The van der Waals surface area contributed by atoms with E-state index in [1.807, 2.05) is 18.2 Å². The summed E-state index contributed by atoms with van der Waals surface area (Å²) in [6.07, 6.45) is 3.09. The number of carbonyl (C=O) groups excluding carboxylic acids is 1. The van der Waals surface area contributed by atoms with Gasteiger partial charge in [0, 0.05) is 37.3 Å². The van der Waals surface area contributed by atoms with E-state index in [2.05, 4.69) is 14.2 Å². The Bertz CT molecular complexity index is 776. The third-order valence-corrected chi connectivity index (χ3v) is 5.72. The number of piperazine rings is 1. The maximum absolute atomic E-state index is 11.2. The molecule has 1 aliphatic heterocycles. The van der Waals surface area contributed by atoms with E-state index < -0.39 is 5.97 Å². The number of carbonyl (C=O) groups is 2. The fourth-order valence-corrected chi connectivity index (χ4v) is 4.13. The maximum Gasteiger partial charge on any atom is 0.356 e. The largest absolute Gasteiger partial charge is 0.476 e. The van der Waals surface area contributed by atoms with Crippen molar-refractivity contribution in [1.29, 1.82) is 0 Å². The standard InChI is InChI=1S/C16H17N3O3S/c20-10-16(3-4-16)19-7-5-18(6-8-19)11-1-2-12-13(9-11)23-17-14(12)15(21)22/h1-2,9-10H,3-8H2,(H,21,22). The summed E-state index contributed by atoms with van der Waals surface area (Å²) >= 11 is 1.22. The Kier molecular flexibility index (Phi) is 3.35. The minimum absolute atomic E-state index is 0.128. The number of anilines is 1. The molecule has 1 aromatic heterocycles. The van der Waals surface area contributed by atoms with E-state index in [4.69, 9.17) is 5.11 Å². The first kappa shape index (κ1) is 14.6. The van der Waals surface area contributed by atoms with E-state index in [1.165, 1.54) is 11.5 Å². The summed E-state index contributed by atoms with van der Waals surface area (Å²) in [6.45, 7) is 3.54. The average molecular weight is 331 g/mol. The van der Waals surface area contributed by atoms with Gasteiger partial charge in [0.25, 0.3) is 0 Å². The number of aromatic carboxylic acids is 1. The number of rotatable bonds is 4. The number of aldehydes is 1. The van der Waals surface area contributed by atoms with Crippen molar-refractivity contribution in [1.82, 2.24) is 9.27 Å². The Morgan fingerprint density at radius 3 is 2.61 bits per heavy atom. The number of fused-ring (bicyclic) bond motifs is 1. The number of benzene rings is 1. The van der Waals surface area contributed by atoms with Crippen LogP contribution in [0.25, 0.3) is 10.1 Å². The quantitative estimate of drug-likeness (QED) is 0.862. The van der Waals surface area contributed by atoms with Crippen LogP contribution in [0.4, 0.5) is 5.69 Å². The summed E-state index contributed by atoms with van der Waals surface area (Å²) in [5.41, 5.74) is 1.04. The van der Waals surface area contributed by atoms with Crippen LogP contribution >= 0.6 is 11.5 Å². The molecule has 0 spiro atoms. The second kappa shape index (κ2) is 5.28. The average Bonchev–Trinajstić information content (AvgIpc) is 3.26. The topological polar surface area (TPSA) is 73.7 Å². The number of hydrogen-bond donors (Lipinski definition) is 1. The van der Waals surface area contributed by atoms with Gasteiger partial charge in [-0.1, -0.05) is 0 Å². The molecule has 0 unspecified atom stereocenters. The van der Waals surface area contributed by atoms with Crippen LogP contribution in [0.1, 0.15) is 23.3 Å². The van der Waals surface area contributed by atoms with Gasteiger partial charge in [-0.15, -0.1) is 0 Å². The Morgan fingerprint density at radius 2 is 2.00 bits per heavy atom. The van der Waals surface area contributed by atoms with Crippen LogP contribution in [0.5, 0.6) is 0 Å².